The van der Waals surface area contributed by atoms with Gasteiger partial charge in [-0.15, -0.1) is 0 Å². The molecule has 3 N–H and O–H groups in total. The first-order valence-corrected chi connectivity index (χ1v) is 7.82. The van der Waals surface area contributed by atoms with Gasteiger partial charge in [0.2, 0.25) is 0 Å². The molecule has 0 aliphatic carbocycles. The second-order valence-corrected chi connectivity index (χ2v) is 6.02. The number of hydrazine groups is 1. The number of rotatable bonds is 5. The number of hydrogen-bond acceptors (Lipinski definition) is 6. The van der Waals surface area contributed by atoms with E-state index in [2.05, 4.69) is 17.4 Å². The van der Waals surface area contributed by atoms with Gasteiger partial charge in [0.25, 0.3) is 0 Å². The number of hydrogen-bond donors (Lipinski definition) is 2. The normalized spacial score (nSPS) is 21.5. The Hall–Kier alpha value is -0.950. The van der Waals surface area contributed by atoms with Crippen LogP contribution in [0.5, 0.6) is 11.5 Å². The number of nitrogens with two attached hydrogens (primary N) is 1. The zero-order chi connectivity index (χ0) is 14.5. The summed E-state index contributed by atoms with van der Waals surface area (Å²) < 4.78 is 10.7. The molecule has 1 aromatic carbocycles. The van der Waals surface area contributed by atoms with Crippen LogP contribution in [0, 0.1) is 0 Å². The van der Waals surface area contributed by atoms with Crippen LogP contribution >= 0.6 is 11.8 Å². The predicted molar refractivity (Wildman–Crippen MR) is 83.4 cm³/mol. The average molecular weight is 297 g/mol. The molecule has 1 aromatic rings. The number of benzene rings is 1. The highest BCUT2D eigenvalue weighted by Gasteiger charge is 2.30. The Labute approximate surface area is 124 Å². The Morgan fingerprint density at radius 3 is 2.80 bits per heavy atom. The van der Waals surface area contributed by atoms with Crippen molar-refractivity contribution in [1.29, 1.82) is 0 Å². The zero-order valence-electron chi connectivity index (χ0n) is 12.3. The Kier molecular flexibility index (Phi) is 5.54. The molecule has 0 radical (unpaired) electrons. The minimum Gasteiger partial charge on any atom is -0.497 e. The molecule has 2 rings (SSSR count). The lowest BCUT2D eigenvalue weighted by Crippen LogP contribution is -2.49. The maximum atomic E-state index is 5.82. The van der Waals surface area contributed by atoms with Gasteiger partial charge in [0.05, 0.1) is 20.3 Å². The first kappa shape index (κ1) is 15.4. The fraction of sp³-hybridized carbons (Fsp3) is 0.571. The van der Waals surface area contributed by atoms with Gasteiger partial charge in [-0.1, -0.05) is 0 Å². The standard InChI is InChI=1S/C14H23N3O2S/c1-17-6-7-20-9-12(17)14(16-15)11-5-4-10(18-2)8-13(11)19-3/h4-5,8,12,14,16H,6-7,9,15H2,1-3H3. The largest absolute Gasteiger partial charge is 0.497 e. The summed E-state index contributed by atoms with van der Waals surface area (Å²) in [5, 5.41) is 0. The van der Waals surface area contributed by atoms with Crippen molar-refractivity contribution in [2.75, 3.05) is 39.3 Å². The van der Waals surface area contributed by atoms with Crippen LogP contribution in [-0.2, 0) is 0 Å². The topological polar surface area (TPSA) is 59.8 Å². The van der Waals surface area contributed by atoms with Gasteiger partial charge < -0.3 is 9.47 Å². The Morgan fingerprint density at radius 2 is 2.20 bits per heavy atom. The van der Waals surface area contributed by atoms with Crippen LogP contribution in [0.4, 0.5) is 0 Å². The second-order valence-electron chi connectivity index (χ2n) is 4.88. The summed E-state index contributed by atoms with van der Waals surface area (Å²) in [5.74, 6) is 9.63. The van der Waals surface area contributed by atoms with Crippen LogP contribution in [0.2, 0.25) is 0 Å². The molecule has 0 saturated carbocycles. The van der Waals surface area contributed by atoms with Gasteiger partial charge in [0.1, 0.15) is 11.5 Å². The quantitative estimate of drug-likeness (QED) is 0.630. The molecule has 1 heterocycles. The Bertz CT molecular complexity index is 444. The van der Waals surface area contributed by atoms with Crippen molar-refractivity contribution >= 4 is 11.8 Å². The molecular formula is C14H23N3O2S. The molecular weight excluding hydrogens is 274 g/mol. The highest BCUT2D eigenvalue weighted by Crippen LogP contribution is 2.34. The first-order valence-electron chi connectivity index (χ1n) is 6.67. The van der Waals surface area contributed by atoms with Crippen LogP contribution in [0.15, 0.2) is 18.2 Å². The highest BCUT2D eigenvalue weighted by molar-refractivity contribution is 7.99. The van der Waals surface area contributed by atoms with E-state index in [4.69, 9.17) is 15.3 Å². The van der Waals surface area contributed by atoms with E-state index in [0.717, 1.165) is 29.4 Å². The zero-order valence-corrected chi connectivity index (χ0v) is 13.1. The van der Waals surface area contributed by atoms with Crippen LogP contribution in [0.1, 0.15) is 11.6 Å². The van der Waals surface area contributed by atoms with E-state index >= 15 is 0 Å². The molecule has 0 amide bonds. The number of likely N-dealkylation sites (N-methyl/N-ethyl adjacent to an activating group) is 1. The Morgan fingerprint density at radius 1 is 1.40 bits per heavy atom. The summed E-state index contributed by atoms with van der Waals surface area (Å²) in [7, 11) is 5.47. The van der Waals surface area contributed by atoms with Crippen LogP contribution in [0.3, 0.4) is 0 Å². The molecule has 1 saturated heterocycles. The maximum Gasteiger partial charge on any atom is 0.127 e. The fourth-order valence-electron chi connectivity index (χ4n) is 2.54. The summed E-state index contributed by atoms with van der Waals surface area (Å²) in [6.45, 7) is 1.08. The van der Waals surface area contributed by atoms with Crippen molar-refractivity contribution in [2.24, 2.45) is 5.84 Å². The van der Waals surface area contributed by atoms with E-state index in [-0.39, 0.29) is 6.04 Å². The molecule has 1 aliphatic rings. The van der Waals surface area contributed by atoms with Gasteiger partial charge in [-0.05, 0) is 19.2 Å². The fourth-order valence-corrected chi connectivity index (χ4v) is 3.81. The van der Waals surface area contributed by atoms with E-state index in [9.17, 15) is 0 Å². The summed E-state index contributed by atoms with van der Waals surface area (Å²) in [4.78, 5) is 2.35. The van der Waals surface area contributed by atoms with Crippen LogP contribution in [0.25, 0.3) is 0 Å². The molecule has 1 aliphatic heterocycles. The van der Waals surface area contributed by atoms with Crippen molar-refractivity contribution in [3.8, 4) is 11.5 Å². The van der Waals surface area contributed by atoms with E-state index in [1.165, 1.54) is 5.75 Å². The third-order valence-corrected chi connectivity index (χ3v) is 4.83. The van der Waals surface area contributed by atoms with Crippen molar-refractivity contribution in [2.45, 2.75) is 12.1 Å². The summed E-state index contributed by atoms with van der Waals surface area (Å²) in [6.07, 6.45) is 0. The average Bonchev–Trinajstić information content (AvgIpc) is 2.50. The highest BCUT2D eigenvalue weighted by atomic mass is 32.2. The number of thioether (sulfide) groups is 1. The van der Waals surface area contributed by atoms with Gasteiger partial charge >= 0.3 is 0 Å². The van der Waals surface area contributed by atoms with Gasteiger partial charge in [0.15, 0.2) is 0 Å². The maximum absolute atomic E-state index is 5.82. The number of methoxy groups -OCH3 is 2. The molecule has 0 bridgehead atoms. The van der Waals surface area contributed by atoms with E-state index in [1.54, 1.807) is 14.2 Å². The Balaban J connectivity index is 2.30. The molecule has 2 atom stereocenters. The predicted octanol–water partition coefficient (Wildman–Crippen LogP) is 1.26. The number of ether oxygens (including phenoxy) is 2. The van der Waals surface area contributed by atoms with Gasteiger partial charge in [-0.25, -0.2) is 0 Å². The monoisotopic (exact) mass is 297 g/mol. The number of nitrogens with one attached hydrogen (secondary N) is 1. The summed E-state index contributed by atoms with van der Waals surface area (Å²) in [5.41, 5.74) is 4.02. The molecule has 112 valence electrons. The van der Waals surface area contributed by atoms with E-state index in [1.807, 2.05) is 30.0 Å². The third-order valence-electron chi connectivity index (χ3n) is 3.78. The van der Waals surface area contributed by atoms with Gasteiger partial charge in [0, 0.05) is 35.7 Å². The van der Waals surface area contributed by atoms with Crippen molar-refractivity contribution < 1.29 is 9.47 Å². The molecule has 0 spiro atoms. The molecule has 2 unspecified atom stereocenters. The minimum absolute atomic E-state index is 0.0358. The summed E-state index contributed by atoms with van der Waals surface area (Å²) in [6, 6.07) is 6.25. The molecule has 1 fully saturated rings. The molecule has 20 heavy (non-hydrogen) atoms. The lowest BCUT2D eigenvalue weighted by Gasteiger charge is -2.38. The van der Waals surface area contributed by atoms with Crippen molar-refractivity contribution in [3.63, 3.8) is 0 Å². The lowest BCUT2D eigenvalue weighted by molar-refractivity contribution is 0.213. The molecule has 6 heteroatoms. The van der Waals surface area contributed by atoms with E-state index in [0.29, 0.717) is 6.04 Å². The number of nitrogens with zero attached hydrogens (tertiary/aromatic N) is 1. The van der Waals surface area contributed by atoms with Crippen molar-refractivity contribution in [3.05, 3.63) is 23.8 Å². The smallest absolute Gasteiger partial charge is 0.127 e. The van der Waals surface area contributed by atoms with Gasteiger partial charge in [-0.3, -0.25) is 16.2 Å². The summed E-state index contributed by atoms with van der Waals surface area (Å²) >= 11 is 1.96. The molecule has 5 nitrogen and oxygen atoms in total. The first-order chi connectivity index (χ1) is 9.71. The van der Waals surface area contributed by atoms with E-state index < -0.39 is 0 Å². The van der Waals surface area contributed by atoms with Crippen molar-refractivity contribution in [1.82, 2.24) is 10.3 Å². The van der Waals surface area contributed by atoms with Crippen LogP contribution in [-0.4, -0.2) is 50.3 Å². The van der Waals surface area contributed by atoms with Gasteiger partial charge in [-0.2, -0.15) is 11.8 Å². The molecule has 0 aromatic heterocycles. The van der Waals surface area contributed by atoms with Crippen LogP contribution < -0.4 is 20.7 Å². The second kappa shape index (κ2) is 7.17. The third kappa shape index (κ3) is 3.20. The minimum atomic E-state index is 0.0358. The lowest BCUT2D eigenvalue weighted by atomic mass is 9.98. The SMILES string of the molecule is COc1ccc(C(NN)C2CSCCN2C)c(OC)c1.